The van der Waals surface area contributed by atoms with Crippen LogP contribution in [0.2, 0.25) is 0 Å². The van der Waals surface area contributed by atoms with Gasteiger partial charge in [-0.05, 0) is 45.3 Å². The molecule has 1 aliphatic heterocycles. The first-order chi connectivity index (χ1) is 9.17. The lowest BCUT2D eigenvalue weighted by Gasteiger charge is -2.20. The molecule has 0 spiro atoms. The van der Waals surface area contributed by atoms with Gasteiger partial charge < -0.3 is 15.5 Å². The molecule has 19 heavy (non-hydrogen) atoms. The van der Waals surface area contributed by atoms with Gasteiger partial charge >= 0.3 is 0 Å². The highest BCUT2D eigenvalue weighted by atomic mass is 16.2. The van der Waals surface area contributed by atoms with Crippen LogP contribution in [0.1, 0.15) is 45.4 Å². The van der Waals surface area contributed by atoms with Crippen molar-refractivity contribution in [3.63, 3.8) is 0 Å². The molecule has 2 N–H and O–H groups in total. The highest BCUT2D eigenvalue weighted by Crippen LogP contribution is 2.18. The van der Waals surface area contributed by atoms with Crippen molar-refractivity contribution in [2.45, 2.75) is 45.4 Å². The Bertz CT molecular complexity index is 258. The zero-order chi connectivity index (χ0) is 14.1. The summed E-state index contributed by atoms with van der Waals surface area (Å²) in [6.07, 6.45) is 6.30. The molecule has 0 aromatic rings. The average molecular weight is 269 g/mol. The van der Waals surface area contributed by atoms with Crippen molar-refractivity contribution in [3.8, 4) is 0 Å². The Hall–Kier alpha value is -0.610. The molecule has 112 valence electrons. The van der Waals surface area contributed by atoms with Crippen LogP contribution < -0.4 is 5.73 Å². The van der Waals surface area contributed by atoms with Crippen molar-refractivity contribution in [2.24, 2.45) is 11.7 Å². The quantitative estimate of drug-likeness (QED) is 0.648. The molecule has 1 aliphatic rings. The van der Waals surface area contributed by atoms with Crippen molar-refractivity contribution < 1.29 is 4.79 Å². The highest BCUT2D eigenvalue weighted by molar-refractivity contribution is 5.76. The fourth-order valence-corrected chi connectivity index (χ4v) is 2.71. The topological polar surface area (TPSA) is 49.6 Å². The van der Waals surface area contributed by atoms with E-state index in [0.717, 1.165) is 64.8 Å². The van der Waals surface area contributed by atoms with Crippen molar-refractivity contribution >= 4 is 5.91 Å². The van der Waals surface area contributed by atoms with Crippen molar-refractivity contribution in [1.29, 1.82) is 0 Å². The van der Waals surface area contributed by atoms with Crippen molar-refractivity contribution in [1.82, 2.24) is 9.80 Å². The van der Waals surface area contributed by atoms with E-state index in [1.165, 1.54) is 6.42 Å². The summed E-state index contributed by atoms with van der Waals surface area (Å²) in [5.74, 6) is 1.03. The second-order valence-electron chi connectivity index (χ2n) is 5.80. The third kappa shape index (κ3) is 6.39. The molecule has 1 fully saturated rings. The Kier molecular flexibility index (Phi) is 8.07. The zero-order valence-electron chi connectivity index (χ0n) is 12.7. The lowest BCUT2D eigenvalue weighted by Crippen LogP contribution is -2.31. The summed E-state index contributed by atoms with van der Waals surface area (Å²) in [6.45, 7) is 7.09. The molecule has 0 radical (unpaired) electrons. The number of rotatable bonds is 9. The molecule has 0 saturated carbocycles. The number of carbonyl (C=O) groups excluding carboxylic acids is 1. The number of likely N-dealkylation sites (tertiary alicyclic amines) is 1. The van der Waals surface area contributed by atoms with Gasteiger partial charge in [0.15, 0.2) is 0 Å². The monoisotopic (exact) mass is 269 g/mol. The van der Waals surface area contributed by atoms with E-state index in [-0.39, 0.29) is 0 Å². The Morgan fingerprint density at radius 1 is 1.32 bits per heavy atom. The lowest BCUT2D eigenvalue weighted by molar-refractivity contribution is -0.130. The van der Waals surface area contributed by atoms with E-state index >= 15 is 0 Å². The van der Waals surface area contributed by atoms with Gasteiger partial charge in [-0.1, -0.05) is 19.8 Å². The normalized spacial score (nSPS) is 19.4. The van der Waals surface area contributed by atoms with Gasteiger partial charge in [0.2, 0.25) is 5.91 Å². The smallest absolute Gasteiger partial charge is 0.222 e. The van der Waals surface area contributed by atoms with Gasteiger partial charge in [0, 0.05) is 26.1 Å². The summed E-state index contributed by atoms with van der Waals surface area (Å²) in [6, 6.07) is 0. The number of hydrogen-bond donors (Lipinski definition) is 1. The van der Waals surface area contributed by atoms with Gasteiger partial charge in [0.1, 0.15) is 0 Å². The lowest BCUT2D eigenvalue weighted by atomic mass is 10.1. The fourth-order valence-electron chi connectivity index (χ4n) is 2.71. The fraction of sp³-hybridized carbons (Fsp3) is 0.933. The standard InChI is InChI=1S/C15H31N3O/c1-3-17(2)12-14-9-11-18(13-14)15(19)8-6-4-5-7-10-16/h14H,3-13,16H2,1-2H3. The predicted molar refractivity (Wildman–Crippen MR) is 80.0 cm³/mol. The number of carbonyl (C=O) groups is 1. The molecule has 1 rings (SSSR count). The van der Waals surface area contributed by atoms with Crippen LogP contribution in [-0.2, 0) is 4.79 Å². The molecule has 1 amide bonds. The van der Waals surface area contributed by atoms with E-state index in [9.17, 15) is 4.79 Å². The molecule has 1 saturated heterocycles. The van der Waals surface area contributed by atoms with Gasteiger partial charge in [-0.3, -0.25) is 4.79 Å². The van der Waals surface area contributed by atoms with Gasteiger partial charge in [0.25, 0.3) is 0 Å². The zero-order valence-corrected chi connectivity index (χ0v) is 12.7. The van der Waals surface area contributed by atoms with Gasteiger partial charge in [-0.15, -0.1) is 0 Å². The first kappa shape index (κ1) is 16.4. The summed E-state index contributed by atoms with van der Waals surface area (Å²) in [5.41, 5.74) is 5.46. The first-order valence-electron chi connectivity index (χ1n) is 7.83. The number of amides is 1. The van der Waals surface area contributed by atoms with E-state index in [0.29, 0.717) is 11.8 Å². The maximum Gasteiger partial charge on any atom is 0.222 e. The van der Waals surface area contributed by atoms with E-state index < -0.39 is 0 Å². The third-order valence-electron chi connectivity index (χ3n) is 4.09. The highest BCUT2D eigenvalue weighted by Gasteiger charge is 2.26. The van der Waals surface area contributed by atoms with Crippen LogP contribution in [0.5, 0.6) is 0 Å². The molecule has 0 aromatic heterocycles. The Morgan fingerprint density at radius 3 is 2.74 bits per heavy atom. The van der Waals surface area contributed by atoms with Crippen LogP contribution in [-0.4, -0.2) is 55.5 Å². The Labute approximate surface area is 118 Å². The maximum absolute atomic E-state index is 12.1. The summed E-state index contributed by atoms with van der Waals surface area (Å²) >= 11 is 0. The first-order valence-corrected chi connectivity index (χ1v) is 7.83. The van der Waals surface area contributed by atoms with Crippen LogP contribution in [0.25, 0.3) is 0 Å². The van der Waals surface area contributed by atoms with Crippen LogP contribution >= 0.6 is 0 Å². The molecule has 0 bridgehead atoms. The largest absolute Gasteiger partial charge is 0.342 e. The molecule has 1 heterocycles. The molecule has 4 nitrogen and oxygen atoms in total. The van der Waals surface area contributed by atoms with Gasteiger partial charge in [-0.25, -0.2) is 0 Å². The van der Waals surface area contributed by atoms with Crippen molar-refractivity contribution in [3.05, 3.63) is 0 Å². The predicted octanol–water partition coefficient (Wildman–Crippen LogP) is 1.70. The summed E-state index contributed by atoms with van der Waals surface area (Å²) in [4.78, 5) is 16.5. The second-order valence-corrected chi connectivity index (χ2v) is 5.80. The number of nitrogens with two attached hydrogens (primary N) is 1. The molecule has 4 heteroatoms. The summed E-state index contributed by atoms with van der Waals surface area (Å²) in [5, 5.41) is 0. The van der Waals surface area contributed by atoms with E-state index in [4.69, 9.17) is 5.73 Å². The Morgan fingerprint density at radius 2 is 2.05 bits per heavy atom. The summed E-state index contributed by atoms with van der Waals surface area (Å²) in [7, 11) is 2.15. The second kappa shape index (κ2) is 9.32. The molecule has 0 aromatic carbocycles. The minimum absolute atomic E-state index is 0.356. The average Bonchev–Trinajstić information content (AvgIpc) is 2.86. The molecular weight excluding hydrogens is 238 g/mol. The van der Waals surface area contributed by atoms with Crippen molar-refractivity contribution in [2.75, 3.05) is 39.8 Å². The van der Waals surface area contributed by atoms with Gasteiger partial charge in [0.05, 0.1) is 0 Å². The minimum atomic E-state index is 0.356. The maximum atomic E-state index is 12.1. The van der Waals surface area contributed by atoms with Crippen LogP contribution in [0, 0.1) is 5.92 Å². The minimum Gasteiger partial charge on any atom is -0.342 e. The van der Waals surface area contributed by atoms with E-state index in [2.05, 4.69) is 23.8 Å². The molecule has 0 aliphatic carbocycles. The summed E-state index contributed by atoms with van der Waals surface area (Å²) < 4.78 is 0. The van der Waals surface area contributed by atoms with E-state index in [1.54, 1.807) is 0 Å². The molecule has 1 atom stereocenters. The molecular formula is C15H31N3O. The van der Waals surface area contributed by atoms with Crippen LogP contribution in [0.4, 0.5) is 0 Å². The molecule has 1 unspecified atom stereocenters. The van der Waals surface area contributed by atoms with Crippen LogP contribution in [0.15, 0.2) is 0 Å². The van der Waals surface area contributed by atoms with Crippen LogP contribution in [0.3, 0.4) is 0 Å². The number of unbranched alkanes of at least 4 members (excludes halogenated alkanes) is 3. The van der Waals surface area contributed by atoms with Gasteiger partial charge in [-0.2, -0.15) is 0 Å². The number of nitrogens with zero attached hydrogens (tertiary/aromatic N) is 2. The number of hydrogen-bond acceptors (Lipinski definition) is 3. The third-order valence-corrected chi connectivity index (χ3v) is 4.09. The Balaban J connectivity index is 2.13. The van der Waals surface area contributed by atoms with E-state index in [1.807, 2.05) is 0 Å². The SMILES string of the molecule is CCN(C)CC1CCN(C(=O)CCCCCCN)C1.